The largest absolute Gasteiger partial charge is 0.496 e. The lowest BCUT2D eigenvalue weighted by Gasteiger charge is -2.17. The van der Waals surface area contributed by atoms with E-state index in [-0.39, 0.29) is 6.42 Å². The Morgan fingerprint density at radius 2 is 1.91 bits per heavy atom. The van der Waals surface area contributed by atoms with Crippen molar-refractivity contribution in [2.45, 2.75) is 12.5 Å². The molecule has 4 nitrogen and oxygen atoms in total. The molecule has 0 aliphatic heterocycles. The van der Waals surface area contributed by atoms with Gasteiger partial charge >= 0.3 is 5.97 Å². The average molecular weight is 341 g/mol. The summed E-state index contributed by atoms with van der Waals surface area (Å²) < 4.78 is 10.7. The minimum absolute atomic E-state index is 0.101. The van der Waals surface area contributed by atoms with Crippen LogP contribution >= 0.6 is 23.2 Å². The third-order valence-corrected chi connectivity index (χ3v) is 3.58. The zero-order valence-corrected chi connectivity index (χ0v) is 13.3. The summed E-state index contributed by atoms with van der Waals surface area (Å²) in [6.45, 7) is 0. The monoisotopic (exact) mass is 340 g/mol. The maximum Gasteiger partial charge on any atom is 0.345 e. The van der Waals surface area contributed by atoms with Gasteiger partial charge in [-0.25, -0.2) is 4.79 Å². The van der Waals surface area contributed by atoms with E-state index in [9.17, 15) is 9.90 Å². The summed E-state index contributed by atoms with van der Waals surface area (Å²) in [5.74, 6) is -0.224. The molecule has 0 amide bonds. The molecule has 0 bridgehead atoms. The molecule has 0 radical (unpaired) electrons. The zero-order chi connectivity index (χ0) is 16.1. The maximum atomic E-state index is 11.5. The van der Waals surface area contributed by atoms with Crippen molar-refractivity contribution in [2.24, 2.45) is 0 Å². The normalized spacial score (nSPS) is 11.8. The number of methoxy groups -OCH3 is 1. The molecule has 0 unspecified atom stereocenters. The lowest BCUT2D eigenvalue weighted by Crippen LogP contribution is -2.29. The van der Waals surface area contributed by atoms with Crippen LogP contribution in [0.15, 0.2) is 42.5 Å². The van der Waals surface area contributed by atoms with Crippen LogP contribution in [0.4, 0.5) is 0 Å². The zero-order valence-electron chi connectivity index (χ0n) is 11.8. The molecule has 0 saturated heterocycles. The van der Waals surface area contributed by atoms with Crippen LogP contribution in [0, 0.1) is 0 Å². The first-order valence-corrected chi connectivity index (χ1v) is 7.23. The van der Waals surface area contributed by atoms with Gasteiger partial charge < -0.3 is 14.6 Å². The summed E-state index contributed by atoms with van der Waals surface area (Å²) >= 11 is 12.0. The molecule has 0 aromatic heterocycles. The number of ether oxygens (including phenoxy) is 2. The highest BCUT2D eigenvalue weighted by Crippen LogP contribution is 2.28. The van der Waals surface area contributed by atoms with E-state index in [4.69, 9.17) is 32.7 Å². The lowest BCUT2D eigenvalue weighted by atomic mass is 10.1. The predicted molar refractivity (Wildman–Crippen MR) is 85.2 cm³/mol. The van der Waals surface area contributed by atoms with Gasteiger partial charge in [-0.15, -0.1) is 0 Å². The molecule has 2 aromatic carbocycles. The standard InChI is InChI=1S/C16H14Cl2O4/c1-21-13-7-6-11(17)8-10(13)9-15(16(19)20)22-14-5-3-2-4-12(14)18/h2-8,15H,9H2,1H3,(H,19,20)/t15-/m0/s1. The highest BCUT2D eigenvalue weighted by atomic mass is 35.5. The van der Waals surface area contributed by atoms with Crippen LogP contribution in [0.5, 0.6) is 11.5 Å². The van der Waals surface area contributed by atoms with Gasteiger partial charge in [0.05, 0.1) is 12.1 Å². The number of para-hydroxylation sites is 1. The Kier molecular flexibility index (Phi) is 5.52. The Morgan fingerprint density at radius 3 is 2.55 bits per heavy atom. The van der Waals surface area contributed by atoms with E-state index in [1.807, 2.05) is 0 Å². The van der Waals surface area contributed by atoms with Gasteiger partial charge in [-0.1, -0.05) is 35.3 Å². The number of hydrogen-bond donors (Lipinski definition) is 1. The van der Waals surface area contributed by atoms with Gasteiger partial charge in [0.2, 0.25) is 0 Å². The number of aliphatic carboxylic acids is 1. The first-order valence-electron chi connectivity index (χ1n) is 6.47. The SMILES string of the molecule is COc1ccc(Cl)cc1C[C@H](Oc1ccccc1Cl)C(=O)O. The minimum atomic E-state index is -1.10. The molecule has 0 fully saturated rings. The molecular weight excluding hydrogens is 327 g/mol. The molecule has 6 heteroatoms. The summed E-state index contributed by atoms with van der Waals surface area (Å²) in [5, 5.41) is 10.2. The number of benzene rings is 2. The maximum absolute atomic E-state index is 11.5. The molecule has 0 spiro atoms. The van der Waals surface area contributed by atoms with Gasteiger partial charge in [-0.05, 0) is 35.9 Å². The summed E-state index contributed by atoms with van der Waals surface area (Å²) in [6, 6.07) is 11.7. The Hall–Kier alpha value is -1.91. The molecule has 2 rings (SSSR count). The lowest BCUT2D eigenvalue weighted by molar-refractivity contribution is -0.145. The summed E-state index contributed by atoms with van der Waals surface area (Å²) in [6.07, 6.45) is -1.00. The number of halogens is 2. The molecule has 1 N–H and O–H groups in total. The van der Waals surface area contributed by atoms with Crippen molar-refractivity contribution in [2.75, 3.05) is 7.11 Å². The van der Waals surface area contributed by atoms with Crippen molar-refractivity contribution in [1.82, 2.24) is 0 Å². The van der Waals surface area contributed by atoms with Crippen molar-refractivity contribution in [1.29, 1.82) is 0 Å². The van der Waals surface area contributed by atoms with Gasteiger partial charge in [0.25, 0.3) is 0 Å². The third-order valence-electron chi connectivity index (χ3n) is 3.03. The van der Waals surface area contributed by atoms with Gasteiger partial charge in [0.15, 0.2) is 6.10 Å². The number of carboxylic acids is 1. The number of rotatable bonds is 6. The Bertz CT molecular complexity index is 673. The average Bonchev–Trinajstić information content (AvgIpc) is 2.49. The second kappa shape index (κ2) is 7.38. The van der Waals surface area contributed by atoms with Gasteiger partial charge in [0.1, 0.15) is 11.5 Å². The molecule has 0 aliphatic rings. The topological polar surface area (TPSA) is 55.8 Å². The molecule has 22 heavy (non-hydrogen) atoms. The van der Waals surface area contributed by atoms with Crippen molar-refractivity contribution in [3.8, 4) is 11.5 Å². The molecule has 116 valence electrons. The Morgan fingerprint density at radius 1 is 1.18 bits per heavy atom. The van der Waals surface area contributed by atoms with Crippen LogP contribution in [-0.2, 0) is 11.2 Å². The van der Waals surface area contributed by atoms with Gasteiger partial charge in [0, 0.05) is 11.4 Å². The van der Waals surface area contributed by atoms with E-state index in [0.717, 1.165) is 0 Å². The highest BCUT2D eigenvalue weighted by Gasteiger charge is 2.23. The second-order valence-electron chi connectivity index (χ2n) is 4.54. The first kappa shape index (κ1) is 16.5. The van der Waals surface area contributed by atoms with E-state index >= 15 is 0 Å². The fraction of sp³-hybridized carbons (Fsp3) is 0.188. The van der Waals surface area contributed by atoms with Crippen molar-refractivity contribution in [3.05, 3.63) is 58.1 Å². The highest BCUT2D eigenvalue weighted by molar-refractivity contribution is 6.32. The molecular formula is C16H14Cl2O4. The molecule has 0 heterocycles. The van der Waals surface area contributed by atoms with E-state index in [1.54, 1.807) is 42.5 Å². The molecule has 2 aromatic rings. The third kappa shape index (κ3) is 4.06. The summed E-state index contributed by atoms with van der Waals surface area (Å²) in [4.78, 5) is 11.5. The number of hydrogen-bond acceptors (Lipinski definition) is 3. The van der Waals surface area contributed by atoms with Crippen molar-refractivity contribution >= 4 is 29.2 Å². The van der Waals surface area contributed by atoms with Gasteiger partial charge in [-0.2, -0.15) is 0 Å². The number of carboxylic acid groups (broad SMARTS) is 1. The van der Waals surface area contributed by atoms with E-state index < -0.39 is 12.1 Å². The summed E-state index contributed by atoms with van der Waals surface area (Å²) in [7, 11) is 1.51. The van der Waals surface area contributed by atoms with Crippen molar-refractivity contribution in [3.63, 3.8) is 0 Å². The van der Waals surface area contributed by atoms with E-state index in [2.05, 4.69) is 0 Å². The second-order valence-corrected chi connectivity index (χ2v) is 5.38. The summed E-state index contributed by atoms with van der Waals surface area (Å²) in [5.41, 5.74) is 0.648. The van der Waals surface area contributed by atoms with Crippen LogP contribution < -0.4 is 9.47 Å². The fourth-order valence-electron chi connectivity index (χ4n) is 1.98. The van der Waals surface area contributed by atoms with E-state index in [0.29, 0.717) is 27.1 Å². The van der Waals surface area contributed by atoms with Crippen LogP contribution in [-0.4, -0.2) is 24.3 Å². The van der Waals surface area contributed by atoms with Crippen LogP contribution in [0.25, 0.3) is 0 Å². The molecule has 0 saturated carbocycles. The van der Waals surface area contributed by atoms with Crippen LogP contribution in [0.2, 0.25) is 10.0 Å². The molecule has 0 aliphatic carbocycles. The van der Waals surface area contributed by atoms with Crippen molar-refractivity contribution < 1.29 is 19.4 Å². The smallest absolute Gasteiger partial charge is 0.345 e. The van der Waals surface area contributed by atoms with E-state index in [1.165, 1.54) is 7.11 Å². The predicted octanol–water partition coefficient (Wildman–Crippen LogP) is 4.08. The Labute approximate surface area is 138 Å². The minimum Gasteiger partial charge on any atom is -0.496 e. The molecule has 1 atom stereocenters. The first-order chi connectivity index (χ1) is 10.5. The quantitative estimate of drug-likeness (QED) is 0.860. The number of carbonyl (C=O) groups is 1. The van der Waals surface area contributed by atoms with Crippen LogP contribution in [0.1, 0.15) is 5.56 Å². The Balaban J connectivity index is 2.25. The fourth-order valence-corrected chi connectivity index (χ4v) is 2.35. The van der Waals surface area contributed by atoms with Crippen LogP contribution in [0.3, 0.4) is 0 Å². The van der Waals surface area contributed by atoms with Gasteiger partial charge in [-0.3, -0.25) is 0 Å².